The summed E-state index contributed by atoms with van der Waals surface area (Å²) >= 11 is 0. The summed E-state index contributed by atoms with van der Waals surface area (Å²) < 4.78 is 6.96. The molecule has 1 saturated heterocycles. The number of aryl methyl sites for hydroxylation is 1. The van der Waals surface area contributed by atoms with E-state index in [0.29, 0.717) is 51.2 Å². The van der Waals surface area contributed by atoms with Gasteiger partial charge in [-0.2, -0.15) is 5.10 Å². The highest BCUT2D eigenvalue weighted by molar-refractivity contribution is 5.92. The summed E-state index contributed by atoms with van der Waals surface area (Å²) in [7, 11) is 1.66. The average Bonchev–Trinajstić information content (AvgIpc) is 3.10. The molecule has 2 rings (SSSR count). The average molecular weight is 351 g/mol. The molecule has 0 aliphatic carbocycles. The molecule has 3 amide bonds. The zero-order valence-corrected chi connectivity index (χ0v) is 15.4. The Bertz CT molecular complexity index is 579. The van der Waals surface area contributed by atoms with Crippen LogP contribution in [-0.4, -0.2) is 65.5 Å². The van der Waals surface area contributed by atoms with Crippen LogP contribution in [0.15, 0.2) is 12.3 Å². The lowest BCUT2D eigenvalue weighted by atomic mass is 9.84. The predicted molar refractivity (Wildman–Crippen MR) is 94.5 cm³/mol. The van der Waals surface area contributed by atoms with E-state index in [2.05, 4.69) is 15.7 Å². The van der Waals surface area contributed by atoms with Gasteiger partial charge in [-0.15, -0.1) is 0 Å². The van der Waals surface area contributed by atoms with Crippen LogP contribution in [0.25, 0.3) is 0 Å². The zero-order valence-electron chi connectivity index (χ0n) is 15.4. The predicted octanol–water partition coefficient (Wildman–Crippen LogP) is 1.23. The number of hydrogen-bond acceptors (Lipinski definition) is 4. The van der Waals surface area contributed by atoms with E-state index in [9.17, 15) is 9.59 Å². The number of piperidine rings is 1. The van der Waals surface area contributed by atoms with Gasteiger partial charge in [0, 0.05) is 51.6 Å². The number of aromatic nitrogens is 2. The van der Waals surface area contributed by atoms with Crippen molar-refractivity contribution in [2.24, 2.45) is 0 Å². The standard InChI is InChI=1S/C17H29N5O3/c1-4-18-16(24)21-11-7-17(8-12-21,9-13-25-3)19-15(23)14-6-10-22(5-2)20-14/h6,10H,4-5,7-9,11-13H2,1-3H3,(H,18,24)(H,19,23). The van der Waals surface area contributed by atoms with E-state index in [1.165, 1.54) is 0 Å². The van der Waals surface area contributed by atoms with Gasteiger partial charge in [-0.05, 0) is 39.2 Å². The second-order valence-electron chi connectivity index (χ2n) is 6.36. The molecule has 0 atom stereocenters. The third-order valence-corrected chi connectivity index (χ3v) is 4.70. The van der Waals surface area contributed by atoms with Crippen molar-refractivity contribution < 1.29 is 14.3 Å². The number of likely N-dealkylation sites (tertiary alicyclic amines) is 1. The highest BCUT2D eigenvalue weighted by Crippen LogP contribution is 2.26. The number of rotatable bonds is 7. The molecule has 25 heavy (non-hydrogen) atoms. The van der Waals surface area contributed by atoms with Crippen molar-refractivity contribution >= 4 is 11.9 Å². The minimum Gasteiger partial charge on any atom is -0.385 e. The first-order valence-electron chi connectivity index (χ1n) is 8.91. The van der Waals surface area contributed by atoms with Crippen molar-refractivity contribution in [1.29, 1.82) is 0 Å². The van der Waals surface area contributed by atoms with Crippen LogP contribution < -0.4 is 10.6 Å². The van der Waals surface area contributed by atoms with Gasteiger partial charge in [0.15, 0.2) is 0 Å². The Labute approximate surface area is 148 Å². The van der Waals surface area contributed by atoms with Gasteiger partial charge in [0.2, 0.25) is 0 Å². The Hall–Kier alpha value is -2.09. The van der Waals surface area contributed by atoms with Crippen LogP contribution in [-0.2, 0) is 11.3 Å². The lowest BCUT2D eigenvalue weighted by Gasteiger charge is -2.42. The number of amides is 3. The summed E-state index contributed by atoms with van der Waals surface area (Å²) in [4.78, 5) is 26.4. The Morgan fingerprint density at radius 3 is 2.60 bits per heavy atom. The summed E-state index contributed by atoms with van der Waals surface area (Å²) in [6.07, 6.45) is 3.92. The molecule has 0 unspecified atom stereocenters. The molecular formula is C17H29N5O3. The van der Waals surface area contributed by atoms with Gasteiger partial charge in [-0.3, -0.25) is 9.48 Å². The number of hydrogen-bond donors (Lipinski definition) is 2. The van der Waals surface area contributed by atoms with Crippen LogP contribution in [0.4, 0.5) is 4.79 Å². The van der Waals surface area contributed by atoms with E-state index >= 15 is 0 Å². The molecule has 1 aliphatic rings. The molecule has 0 radical (unpaired) electrons. The second-order valence-corrected chi connectivity index (χ2v) is 6.36. The van der Waals surface area contributed by atoms with Crippen LogP contribution >= 0.6 is 0 Å². The smallest absolute Gasteiger partial charge is 0.317 e. The molecule has 0 spiro atoms. The Morgan fingerprint density at radius 2 is 2.04 bits per heavy atom. The van der Waals surface area contributed by atoms with Crippen molar-refractivity contribution in [3.8, 4) is 0 Å². The highest BCUT2D eigenvalue weighted by atomic mass is 16.5. The first-order chi connectivity index (χ1) is 12.0. The number of nitrogens with one attached hydrogen (secondary N) is 2. The van der Waals surface area contributed by atoms with Crippen LogP contribution in [0.1, 0.15) is 43.6 Å². The number of methoxy groups -OCH3 is 1. The molecule has 0 saturated carbocycles. The molecule has 1 aliphatic heterocycles. The van der Waals surface area contributed by atoms with Gasteiger partial charge in [0.25, 0.3) is 5.91 Å². The van der Waals surface area contributed by atoms with E-state index in [1.807, 2.05) is 13.8 Å². The quantitative estimate of drug-likeness (QED) is 0.773. The van der Waals surface area contributed by atoms with Crippen LogP contribution in [0, 0.1) is 0 Å². The molecule has 1 aromatic rings. The fourth-order valence-electron chi connectivity index (χ4n) is 3.10. The normalized spacial score (nSPS) is 16.5. The Morgan fingerprint density at radius 1 is 1.32 bits per heavy atom. The molecule has 0 aromatic carbocycles. The maximum absolute atomic E-state index is 12.6. The summed E-state index contributed by atoms with van der Waals surface area (Å²) in [5.41, 5.74) is 0.0521. The van der Waals surface area contributed by atoms with E-state index in [0.717, 1.165) is 6.54 Å². The summed E-state index contributed by atoms with van der Waals surface area (Å²) in [6.45, 7) is 7.00. The summed E-state index contributed by atoms with van der Waals surface area (Å²) in [5, 5.41) is 10.3. The maximum Gasteiger partial charge on any atom is 0.317 e. The molecule has 140 valence electrons. The molecule has 2 heterocycles. The van der Waals surface area contributed by atoms with Gasteiger partial charge in [0.05, 0.1) is 0 Å². The van der Waals surface area contributed by atoms with Crippen molar-refractivity contribution in [3.63, 3.8) is 0 Å². The third-order valence-electron chi connectivity index (χ3n) is 4.70. The fraction of sp³-hybridized carbons (Fsp3) is 0.706. The maximum atomic E-state index is 12.6. The zero-order chi connectivity index (χ0) is 18.3. The van der Waals surface area contributed by atoms with Crippen LogP contribution in [0.3, 0.4) is 0 Å². The minimum atomic E-state index is -0.369. The molecule has 1 fully saturated rings. The van der Waals surface area contributed by atoms with E-state index < -0.39 is 0 Å². The topological polar surface area (TPSA) is 88.5 Å². The largest absolute Gasteiger partial charge is 0.385 e. The third kappa shape index (κ3) is 4.94. The first kappa shape index (κ1) is 19.2. The van der Waals surface area contributed by atoms with Crippen LogP contribution in [0.2, 0.25) is 0 Å². The van der Waals surface area contributed by atoms with E-state index in [-0.39, 0.29) is 17.5 Å². The van der Waals surface area contributed by atoms with E-state index in [1.54, 1.807) is 29.0 Å². The lowest BCUT2D eigenvalue weighted by molar-refractivity contribution is 0.0741. The lowest BCUT2D eigenvalue weighted by Crippen LogP contribution is -2.57. The molecule has 8 nitrogen and oxygen atoms in total. The summed E-state index contributed by atoms with van der Waals surface area (Å²) in [5.74, 6) is -0.172. The van der Waals surface area contributed by atoms with Gasteiger partial charge < -0.3 is 20.3 Å². The first-order valence-corrected chi connectivity index (χ1v) is 8.91. The number of urea groups is 1. The Kier molecular flexibility index (Phi) is 6.81. The molecule has 8 heteroatoms. The van der Waals surface area contributed by atoms with Gasteiger partial charge in [-0.25, -0.2) is 4.79 Å². The van der Waals surface area contributed by atoms with Gasteiger partial charge >= 0.3 is 6.03 Å². The van der Waals surface area contributed by atoms with E-state index in [4.69, 9.17) is 4.74 Å². The number of ether oxygens (including phenoxy) is 1. The van der Waals surface area contributed by atoms with Gasteiger partial charge in [-0.1, -0.05) is 0 Å². The number of carbonyl (C=O) groups is 2. The minimum absolute atomic E-state index is 0.0455. The molecule has 0 bridgehead atoms. The molecule has 2 N–H and O–H groups in total. The molecule has 1 aromatic heterocycles. The van der Waals surface area contributed by atoms with Crippen molar-refractivity contribution in [2.75, 3.05) is 33.4 Å². The van der Waals surface area contributed by atoms with Crippen molar-refractivity contribution in [1.82, 2.24) is 25.3 Å². The monoisotopic (exact) mass is 351 g/mol. The fourth-order valence-corrected chi connectivity index (χ4v) is 3.10. The Balaban J connectivity index is 2.03. The SMILES string of the molecule is CCNC(=O)N1CCC(CCOC)(NC(=O)c2ccn(CC)n2)CC1. The van der Waals surface area contributed by atoms with Gasteiger partial charge in [0.1, 0.15) is 5.69 Å². The summed E-state index contributed by atoms with van der Waals surface area (Å²) in [6, 6.07) is 1.68. The van der Waals surface area contributed by atoms with Crippen molar-refractivity contribution in [2.45, 2.75) is 45.2 Å². The van der Waals surface area contributed by atoms with Crippen molar-refractivity contribution in [3.05, 3.63) is 18.0 Å². The number of carbonyl (C=O) groups excluding carboxylic acids is 2. The molecular weight excluding hydrogens is 322 g/mol. The van der Waals surface area contributed by atoms with Crippen LogP contribution in [0.5, 0.6) is 0 Å². The number of nitrogens with zero attached hydrogens (tertiary/aromatic N) is 3. The second kappa shape index (κ2) is 8.84. The highest BCUT2D eigenvalue weighted by Gasteiger charge is 2.37.